The van der Waals surface area contributed by atoms with Gasteiger partial charge < -0.3 is 13.6 Å². The maximum absolute atomic E-state index is 5.04. The van der Waals surface area contributed by atoms with Crippen molar-refractivity contribution >= 4 is 29.7 Å². The van der Waals surface area contributed by atoms with Gasteiger partial charge in [0.1, 0.15) is 0 Å². The van der Waals surface area contributed by atoms with Crippen LogP contribution in [0.15, 0.2) is 31.4 Å². The summed E-state index contributed by atoms with van der Waals surface area (Å²) >= 11 is 8.90. The van der Waals surface area contributed by atoms with Gasteiger partial charge in [-0.2, -0.15) is 0 Å². The van der Waals surface area contributed by atoms with Gasteiger partial charge in [0.05, 0.1) is 19.5 Å². The minimum absolute atomic E-state index is 0.570. The van der Waals surface area contributed by atoms with Crippen molar-refractivity contribution in [1.29, 1.82) is 0 Å². The van der Waals surface area contributed by atoms with E-state index < -0.39 is 5.69 Å². The summed E-state index contributed by atoms with van der Waals surface area (Å²) in [5.74, 6) is 0. The number of imidazole rings is 1. The van der Waals surface area contributed by atoms with E-state index in [0.717, 1.165) is 13.0 Å². The zero-order valence-corrected chi connectivity index (χ0v) is 13.5. The standard InChI is InChI=1S/C7H10N2.C4H11O2PS2/c1-2-3-5-9-6-4-8-7-9;1-3-5-7(8,9)6-4-2/h2,4,6-7H,1,3,5H2;3-4H2,1-2H3,(H,8,9). The molecule has 7 heteroatoms. The van der Waals surface area contributed by atoms with E-state index in [4.69, 9.17) is 20.9 Å². The Morgan fingerprint density at radius 3 is 2.44 bits per heavy atom. The Labute approximate surface area is 120 Å². The summed E-state index contributed by atoms with van der Waals surface area (Å²) in [5.41, 5.74) is -2.16. The Morgan fingerprint density at radius 2 is 2.06 bits per heavy atom. The highest BCUT2D eigenvalue weighted by Crippen LogP contribution is 2.52. The third kappa shape index (κ3) is 9.85. The van der Waals surface area contributed by atoms with Gasteiger partial charge in [0, 0.05) is 18.9 Å². The Bertz CT molecular complexity index is 348. The van der Waals surface area contributed by atoms with E-state index in [-0.39, 0.29) is 0 Å². The zero-order chi connectivity index (χ0) is 13.9. The van der Waals surface area contributed by atoms with Gasteiger partial charge >= 0.3 is 0 Å². The summed E-state index contributed by atoms with van der Waals surface area (Å²) in [6, 6.07) is 0. The van der Waals surface area contributed by atoms with Crippen LogP contribution in [0.1, 0.15) is 20.3 Å². The first-order chi connectivity index (χ1) is 8.55. The van der Waals surface area contributed by atoms with Gasteiger partial charge in [-0.25, -0.2) is 4.98 Å². The Morgan fingerprint density at radius 1 is 1.44 bits per heavy atom. The van der Waals surface area contributed by atoms with Crippen LogP contribution in [-0.2, 0) is 27.4 Å². The molecule has 4 nitrogen and oxygen atoms in total. The number of allylic oxidation sites excluding steroid dienone is 1. The zero-order valence-electron chi connectivity index (χ0n) is 10.9. The van der Waals surface area contributed by atoms with Gasteiger partial charge in [0.2, 0.25) is 5.69 Å². The first kappa shape index (κ1) is 17.9. The van der Waals surface area contributed by atoms with Crippen LogP contribution in [0.2, 0.25) is 0 Å². The lowest BCUT2D eigenvalue weighted by Gasteiger charge is -2.13. The molecule has 18 heavy (non-hydrogen) atoms. The Balaban J connectivity index is 0.000000321. The van der Waals surface area contributed by atoms with Crippen LogP contribution in [-0.4, -0.2) is 22.8 Å². The fourth-order valence-corrected chi connectivity index (χ4v) is 3.08. The molecule has 0 atom stereocenters. The second kappa shape index (κ2) is 10.8. The minimum atomic E-state index is -2.16. The van der Waals surface area contributed by atoms with Crippen LogP contribution in [0.3, 0.4) is 0 Å². The van der Waals surface area contributed by atoms with E-state index in [1.54, 1.807) is 6.20 Å². The number of thiol groups is 1. The minimum Gasteiger partial charge on any atom is -0.337 e. The van der Waals surface area contributed by atoms with Gasteiger partial charge in [0.15, 0.2) is 0 Å². The van der Waals surface area contributed by atoms with E-state index in [2.05, 4.69) is 23.8 Å². The van der Waals surface area contributed by atoms with Crippen molar-refractivity contribution in [3.63, 3.8) is 0 Å². The molecule has 0 aromatic carbocycles. The number of aryl methyl sites for hydroxylation is 1. The molecule has 0 saturated carbocycles. The van der Waals surface area contributed by atoms with Crippen molar-refractivity contribution < 1.29 is 9.05 Å². The molecule has 0 fully saturated rings. The lowest BCUT2D eigenvalue weighted by atomic mass is 10.4. The smallest absolute Gasteiger partial charge is 0.244 e. The van der Waals surface area contributed by atoms with Gasteiger partial charge in [-0.3, -0.25) is 0 Å². The monoisotopic (exact) mass is 308 g/mol. The lowest BCUT2D eigenvalue weighted by molar-refractivity contribution is 0.281. The third-order valence-corrected chi connectivity index (χ3v) is 4.23. The van der Waals surface area contributed by atoms with Crippen molar-refractivity contribution in [3.8, 4) is 0 Å². The maximum Gasteiger partial charge on any atom is 0.244 e. The SMILES string of the molecule is C=CCCn1ccnc1.CCOP(=S)(S)OCC. The Kier molecular flexibility index (Phi) is 10.7. The number of rotatable bonds is 7. The molecule has 0 unspecified atom stereocenters. The number of hydrogen-bond donors (Lipinski definition) is 1. The molecule has 0 N–H and O–H groups in total. The molecule has 0 saturated heterocycles. The fraction of sp³-hybridized carbons (Fsp3) is 0.545. The number of aromatic nitrogens is 2. The second-order valence-corrected chi connectivity index (χ2v) is 8.47. The van der Waals surface area contributed by atoms with E-state index in [0.29, 0.717) is 13.2 Å². The number of nitrogens with zero attached hydrogens (tertiary/aromatic N) is 2. The lowest BCUT2D eigenvalue weighted by Crippen LogP contribution is -1.90. The molecule has 104 valence electrons. The molecular weight excluding hydrogens is 287 g/mol. The van der Waals surface area contributed by atoms with Crippen molar-refractivity contribution in [2.24, 2.45) is 0 Å². The average molecular weight is 308 g/mol. The molecular formula is C11H21N2O2PS2. The highest BCUT2D eigenvalue weighted by atomic mass is 32.9. The van der Waals surface area contributed by atoms with Crippen LogP contribution in [0.4, 0.5) is 0 Å². The molecule has 1 aromatic rings. The van der Waals surface area contributed by atoms with Gasteiger partial charge in [-0.05, 0) is 32.1 Å². The first-order valence-corrected chi connectivity index (χ1v) is 9.53. The molecule has 0 aliphatic carbocycles. The highest BCUT2D eigenvalue weighted by molar-refractivity contribution is 8.60. The third-order valence-electron chi connectivity index (χ3n) is 1.74. The predicted molar refractivity (Wildman–Crippen MR) is 83.6 cm³/mol. The van der Waals surface area contributed by atoms with Gasteiger partial charge in [0.25, 0.3) is 0 Å². The molecule has 0 aliphatic heterocycles. The molecule has 1 aromatic heterocycles. The summed E-state index contributed by atoms with van der Waals surface area (Å²) in [5, 5.41) is 0. The van der Waals surface area contributed by atoms with Gasteiger partial charge in [-0.1, -0.05) is 18.3 Å². The van der Waals surface area contributed by atoms with Crippen LogP contribution in [0, 0.1) is 0 Å². The van der Waals surface area contributed by atoms with E-state index in [9.17, 15) is 0 Å². The van der Waals surface area contributed by atoms with Crippen LogP contribution in [0.25, 0.3) is 0 Å². The van der Waals surface area contributed by atoms with Crippen LogP contribution >= 0.6 is 17.9 Å². The van der Waals surface area contributed by atoms with Crippen molar-refractivity contribution in [2.75, 3.05) is 13.2 Å². The normalized spacial score (nSPS) is 10.6. The average Bonchev–Trinajstić information content (AvgIpc) is 2.79. The molecule has 1 rings (SSSR count). The van der Waals surface area contributed by atoms with E-state index >= 15 is 0 Å². The largest absolute Gasteiger partial charge is 0.337 e. The van der Waals surface area contributed by atoms with E-state index in [1.165, 1.54) is 0 Å². The van der Waals surface area contributed by atoms with Gasteiger partial charge in [-0.15, -0.1) is 6.58 Å². The maximum atomic E-state index is 5.04. The van der Waals surface area contributed by atoms with Crippen molar-refractivity contribution in [2.45, 2.75) is 26.8 Å². The molecule has 0 spiro atoms. The fourth-order valence-electron chi connectivity index (χ4n) is 1.02. The van der Waals surface area contributed by atoms with Crippen LogP contribution in [0.5, 0.6) is 0 Å². The van der Waals surface area contributed by atoms with E-state index in [1.807, 2.05) is 37.0 Å². The molecule has 1 heterocycles. The highest BCUT2D eigenvalue weighted by Gasteiger charge is 2.08. The van der Waals surface area contributed by atoms with Crippen molar-refractivity contribution in [3.05, 3.63) is 31.4 Å². The molecule has 0 aliphatic rings. The summed E-state index contributed by atoms with van der Waals surface area (Å²) in [7, 11) is 0. The Hall–Kier alpha value is -0.130. The summed E-state index contributed by atoms with van der Waals surface area (Å²) in [6.45, 7) is 9.50. The first-order valence-electron chi connectivity index (χ1n) is 5.74. The molecule has 0 amide bonds. The summed E-state index contributed by atoms with van der Waals surface area (Å²) in [4.78, 5) is 3.90. The summed E-state index contributed by atoms with van der Waals surface area (Å²) < 4.78 is 12.1. The quantitative estimate of drug-likeness (QED) is 0.474. The number of hydrogen-bond acceptors (Lipinski definition) is 4. The van der Waals surface area contributed by atoms with Crippen LogP contribution < -0.4 is 0 Å². The summed E-state index contributed by atoms with van der Waals surface area (Å²) in [6.07, 6.45) is 8.45. The second-order valence-electron chi connectivity index (χ2n) is 3.18. The molecule has 0 radical (unpaired) electrons. The van der Waals surface area contributed by atoms with Crippen molar-refractivity contribution in [1.82, 2.24) is 9.55 Å². The topological polar surface area (TPSA) is 36.3 Å². The predicted octanol–water partition coefficient (Wildman–Crippen LogP) is 3.67. The molecule has 0 bridgehead atoms.